The molecule has 0 rings (SSSR count). The molecule has 0 bridgehead atoms. The van der Waals surface area contributed by atoms with Crippen molar-refractivity contribution in [1.82, 2.24) is 0 Å². The van der Waals surface area contributed by atoms with Gasteiger partial charge in [0.05, 0.1) is 0 Å². The predicted octanol–water partition coefficient (Wildman–Crippen LogP) is 0.589. The molecule has 0 aliphatic heterocycles. The Hall–Kier alpha value is 1.31. The van der Waals surface area contributed by atoms with Gasteiger partial charge in [-0.1, -0.05) is 0 Å². The second-order valence-electron chi connectivity index (χ2n) is 0.250. The van der Waals surface area contributed by atoms with E-state index in [1.807, 2.05) is 5.92 Å². The van der Waals surface area contributed by atoms with Gasteiger partial charge in [-0.3, -0.25) is 0 Å². The molecule has 0 aromatic carbocycles. The van der Waals surface area contributed by atoms with Crippen molar-refractivity contribution < 1.29 is 55.7 Å². The van der Waals surface area contributed by atoms with Crippen LogP contribution in [-0.4, -0.2) is 0 Å². The van der Waals surface area contributed by atoms with Crippen molar-refractivity contribution in [3.05, 3.63) is 6.42 Å². The van der Waals surface area contributed by atoms with Gasteiger partial charge in [-0.15, -0.1) is 0 Å². The number of rotatable bonds is 0. The Morgan fingerprint density at radius 2 is 1.17 bits per heavy atom. The smallest absolute Gasteiger partial charge is 0 e. The summed E-state index contributed by atoms with van der Waals surface area (Å²) in [6, 6.07) is 0. The van der Waals surface area contributed by atoms with Crippen molar-refractivity contribution in [2.45, 2.75) is 6.92 Å². The molecule has 0 amide bonds. The third-order valence-electron chi connectivity index (χ3n) is 0. The monoisotopic (exact) mass is 192 g/mol. The summed E-state index contributed by atoms with van der Waals surface area (Å²) in [5.74, 6) is 2.00. The first kappa shape index (κ1) is 26.6. The minimum Gasteiger partial charge on any atom is -0.694 e. The van der Waals surface area contributed by atoms with Crippen LogP contribution in [0.3, 0.4) is 0 Å². The second-order valence-corrected chi connectivity index (χ2v) is 0.250. The summed E-state index contributed by atoms with van der Waals surface area (Å²) in [5, 5.41) is 0. The Balaban J connectivity index is -0.00000000667. The molecule has 0 fully saturated rings. The van der Waals surface area contributed by atoms with Crippen molar-refractivity contribution in [2.24, 2.45) is 0 Å². The van der Waals surface area contributed by atoms with Gasteiger partial charge in [-0.2, -0.15) is 0 Å². The maximum Gasteiger partial charge on any atom is 0 e. The van der Waals surface area contributed by atoms with Crippen molar-refractivity contribution in [1.29, 1.82) is 0 Å². The van der Waals surface area contributed by atoms with E-state index in [0.717, 1.165) is 0 Å². The van der Waals surface area contributed by atoms with Crippen LogP contribution < -0.4 is 0 Å². The van der Waals surface area contributed by atoms with E-state index < -0.39 is 0 Å². The quantitative estimate of drug-likeness (QED) is 0.389. The van der Waals surface area contributed by atoms with E-state index in [1.54, 1.807) is 6.92 Å². The summed E-state index contributed by atoms with van der Waals surface area (Å²) < 4.78 is 0. The standard InChI is InChI=1S/C3H3.3V/c1-3-2;;;/h1H3;;;/q-1;;;. The van der Waals surface area contributed by atoms with Gasteiger partial charge < -0.3 is 12.3 Å². The van der Waals surface area contributed by atoms with Crippen LogP contribution in [-0.2, 0) is 55.7 Å². The maximum absolute atomic E-state index is 5.96. The molecule has 0 unspecified atom stereocenters. The van der Waals surface area contributed by atoms with Crippen molar-refractivity contribution >= 4 is 0 Å². The third kappa shape index (κ3) is 57.3. The molecule has 3 heteroatoms. The fourth-order valence-corrected chi connectivity index (χ4v) is 0. The Bertz CT molecular complexity index is 27.5. The Morgan fingerprint density at radius 3 is 1.17 bits per heavy atom. The van der Waals surface area contributed by atoms with E-state index in [2.05, 4.69) is 0 Å². The molecule has 0 atom stereocenters. The molecular formula is C3H3V3-. The van der Waals surface area contributed by atoms with Crippen LogP contribution in [0.5, 0.6) is 0 Å². The topological polar surface area (TPSA) is 0 Å². The Morgan fingerprint density at radius 1 is 1.17 bits per heavy atom. The molecular weight excluding hydrogens is 189 g/mol. The van der Waals surface area contributed by atoms with Crippen LogP contribution in [0.1, 0.15) is 6.92 Å². The molecule has 0 N–H and O–H groups in total. The molecule has 0 aliphatic carbocycles. The van der Waals surface area contributed by atoms with E-state index in [9.17, 15) is 0 Å². The molecule has 0 saturated heterocycles. The van der Waals surface area contributed by atoms with Gasteiger partial charge in [-0.05, 0) is 6.92 Å². The third-order valence-corrected chi connectivity index (χ3v) is 0. The fraction of sp³-hybridized carbons (Fsp3) is 0.333. The summed E-state index contributed by atoms with van der Waals surface area (Å²) in [7, 11) is 0. The number of hydrogen-bond donors (Lipinski definition) is 0. The van der Waals surface area contributed by atoms with E-state index in [4.69, 9.17) is 6.42 Å². The van der Waals surface area contributed by atoms with Crippen LogP contribution in [0.15, 0.2) is 0 Å². The van der Waals surface area contributed by atoms with Crippen LogP contribution >= 0.6 is 0 Å². The zero-order chi connectivity index (χ0) is 2.71. The average Bonchev–Trinajstić information content (AvgIpc) is 0.918. The average molecular weight is 192 g/mol. The molecule has 0 aromatic heterocycles. The minimum absolute atomic E-state index is 0. The van der Waals surface area contributed by atoms with Crippen LogP contribution in [0, 0.1) is 12.3 Å². The molecule has 0 aliphatic rings. The van der Waals surface area contributed by atoms with Crippen molar-refractivity contribution in [3.63, 3.8) is 0 Å². The van der Waals surface area contributed by atoms with E-state index in [-0.39, 0.29) is 55.7 Å². The molecule has 31 valence electrons. The van der Waals surface area contributed by atoms with Crippen molar-refractivity contribution in [2.75, 3.05) is 0 Å². The summed E-state index contributed by atoms with van der Waals surface area (Å²) in [6.45, 7) is 1.54. The molecule has 0 nitrogen and oxygen atoms in total. The Kier molecular flexibility index (Phi) is 147. The molecule has 0 aromatic rings. The first-order valence-electron chi connectivity index (χ1n) is 0.750. The van der Waals surface area contributed by atoms with Crippen LogP contribution in [0.4, 0.5) is 0 Å². The van der Waals surface area contributed by atoms with E-state index in [1.165, 1.54) is 0 Å². The summed E-state index contributed by atoms with van der Waals surface area (Å²) in [6.07, 6.45) is 5.96. The van der Waals surface area contributed by atoms with Crippen molar-refractivity contribution in [3.8, 4) is 5.92 Å². The predicted molar refractivity (Wildman–Crippen MR) is 12.8 cm³/mol. The van der Waals surface area contributed by atoms with Gasteiger partial charge in [0.1, 0.15) is 0 Å². The first-order valence-corrected chi connectivity index (χ1v) is 0.750. The molecule has 3 radical (unpaired) electrons. The zero-order valence-corrected chi connectivity index (χ0v) is 7.53. The van der Waals surface area contributed by atoms with Gasteiger partial charge in [-0.25, -0.2) is 0 Å². The van der Waals surface area contributed by atoms with Gasteiger partial charge in [0.2, 0.25) is 0 Å². The molecule has 0 spiro atoms. The van der Waals surface area contributed by atoms with Gasteiger partial charge in [0.15, 0.2) is 0 Å². The van der Waals surface area contributed by atoms with Gasteiger partial charge in [0.25, 0.3) is 0 Å². The minimum atomic E-state index is 0. The first-order chi connectivity index (χ1) is 1.41. The SMILES string of the molecule is [C-]#CC.[V].[V].[V]. The van der Waals surface area contributed by atoms with Gasteiger partial charge >= 0.3 is 0 Å². The zero-order valence-electron chi connectivity index (χ0n) is 3.34. The van der Waals surface area contributed by atoms with E-state index in [0.29, 0.717) is 0 Å². The van der Waals surface area contributed by atoms with Crippen LogP contribution in [0.25, 0.3) is 0 Å². The van der Waals surface area contributed by atoms with Gasteiger partial charge in [0, 0.05) is 55.7 Å². The molecule has 0 heterocycles. The summed E-state index contributed by atoms with van der Waals surface area (Å²) in [4.78, 5) is 0. The largest absolute Gasteiger partial charge is 0.694 e. The maximum atomic E-state index is 5.96. The molecule has 0 saturated carbocycles. The fourth-order valence-electron chi connectivity index (χ4n) is 0. The molecule has 6 heavy (non-hydrogen) atoms. The Labute approximate surface area is 74.5 Å². The second kappa shape index (κ2) is 33.3. The van der Waals surface area contributed by atoms with Crippen LogP contribution in [0.2, 0.25) is 0 Å². The van der Waals surface area contributed by atoms with E-state index >= 15 is 0 Å². The summed E-state index contributed by atoms with van der Waals surface area (Å²) in [5.41, 5.74) is 0. The number of hydrogen-bond acceptors (Lipinski definition) is 0. The normalized spacial score (nSPS) is 1.33. The summed E-state index contributed by atoms with van der Waals surface area (Å²) >= 11 is 0.